The first-order chi connectivity index (χ1) is 7.65. The van der Waals surface area contributed by atoms with Gasteiger partial charge in [0.2, 0.25) is 0 Å². The van der Waals surface area contributed by atoms with Crippen LogP contribution in [0, 0.1) is 5.92 Å². The molecule has 0 saturated heterocycles. The van der Waals surface area contributed by atoms with E-state index in [0.29, 0.717) is 12.0 Å². The molecule has 0 aromatic carbocycles. The van der Waals surface area contributed by atoms with E-state index in [9.17, 15) is 0 Å². The minimum atomic E-state index is 0.612. The van der Waals surface area contributed by atoms with E-state index < -0.39 is 0 Å². The van der Waals surface area contributed by atoms with Crippen molar-refractivity contribution < 1.29 is 0 Å². The molecule has 0 aliphatic rings. The molecule has 1 rings (SSSR count). The standard InChI is InChI=1S/C13H25N3/c1-5-14-12(4)7-11(3)8-13-9-15-16(6-2)10-13/h9-12,14H,5-8H2,1-4H3. The molecule has 0 aliphatic carbocycles. The number of aryl methyl sites for hydroxylation is 1. The predicted molar refractivity (Wildman–Crippen MR) is 68.5 cm³/mol. The van der Waals surface area contributed by atoms with E-state index in [1.165, 1.54) is 12.0 Å². The van der Waals surface area contributed by atoms with Crippen LogP contribution < -0.4 is 5.32 Å². The fourth-order valence-electron chi connectivity index (χ4n) is 2.21. The molecule has 1 N–H and O–H groups in total. The highest BCUT2D eigenvalue weighted by molar-refractivity contribution is 5.04. The molecule has 0 radical (unpaired) electrons. The van der Waals surface area contributed by atoms with Crippen molar-refractivity contribution in [1.29, 1.82) is 0 Å². The number of aromatic nitrogens is 2. The van der Waals surface area contributed by atoms with Gasteiger partial charge in [-0.15, -0.1) is 0 Å². The van der Waals surface area contributed by atoms with Crippen LogP contribution >= 0.6 is 0 Å². The van der Waals surface area contributed by atoms with Gasteiger partial charge in [-0.3, -0.25) is 4.68 Å². The molecule has 1 aromatic rings. The Balaban J connectivity index is 2.35. The third-order valence-electron chi connectivity index (χ3n) is 2.90. The zero-order chi connectivity index (χ0) is 12.0. The van der Waals surface area contributed by atoms with Crippen molar-refractivity contribution in [2.24, 2.45) is 5.92 Å². The van der Waals surface area contributed by atoms with Crippen molar-refractivity contribution in [3.63, 3.8) is 0 Å². The van der Waals surface area contributed by atoms with Gasteiger partial charge in [0.25, 0.3) is 0 Å². The number of nitrogens with zero attached hydrogens (tertiary/aromatic N) is 2. The topological polar surface area (TPSA) is 29.9 Å². The van der Waals surface area contributed by atoms with Crippen molar-refractivity contribution in [2.75, 3.05) is 6.54 Å². The maximum Gasteiger partial charge on any atom is 0.0521 e. The molecular formula is C13H25N3. The van der Waals surface area contributed by atoms with Gasteiger partial charge in [-0.1, -0.05) is 13.8 Å². The lowest BCUT2D eigenvalue weighted by atomic mass is 9.96. The second-order valence-electron chi connectivity index (χ2n) is 4.71. The van der Waals surface area contributed by atoms with Crippen LogP contribution in [0.15, 0.2) is 12.4 Å². The molecule has 0 spiro atoms. The van der Waals surface area contributed by atoms with Gasteiger partial charge in [0.15, 0.2) is 0 Å². The van der Waals surface area contributed by atoms with E-state index >= 15 is 0 Å². The summed E-state index contributed by atoms with van der Waals surface area (Å²) in [6, 6.07) is 0.612. The zero-order valence-corrected chi connectivity index (χ0v) is 11.0. The van der Waals surface area contributed by atoms with E-state index in [1.807, 2.05) is 10.9 Å². The highest BCUT2D eigenvalue weighted by Crippen LogP contribution is 2.13. The fourth-order valence-corrected chi connectivity index (χ4v) is 2.21. The number of hydrogen-bond donors (Lipinski definition) is 1. The first kappa shape index (κ1) is 13.2. The molecule has 0 amide bonds. The van der Waals surface area contributed by atoms with Crippen molar-refractivity contribution in [2.45, 2.75) is 53.1 Å². The van der Waals surface area contributed by atoms with Gasteiger partial charge in [0.1, 0.15) is 0 Å². The molecule has 0 fully saturated rings. The van der Waals surface area contributed by atoms with Crippen LogP contribution in [-0.4, -0.2) is 22.4 Å². The third kappa shape index (κ3) is 4.35. The van der Waals surface area contributed by atoms with Gasteiger partial charge in [-0.05, 0) is 44.7 Å². The zero-order valence-electron chi connectivity index (χ0n) is 11.0. The molecule has 2 atom stereocenters. The second kappa shape index (κ2) is 6.69. The van der Waals surface area contributed by atoms with Crippen molar-refractivity contribution in [3.8, 4) is 0 Å². The minimum Gasteiger partial charge on any atom is -0.315 e. The largest absolute Gasteiger partial charge is 0.315 e. The van der Waals surface area contributed by atoms with E-state index in [-0.39, 0.29) is 0 Å². The Hall–Kier alpha value is -0.830. The van der Waals surface area contributed by atoms with Gasteiger partial charge in [0, 0.05) is 18.8 Å². The molecule has 3 heteroatoms. The summed E-state index contributed by atoms with van der Waals surface area (Å²) in [4.78, 5) is 0. The lowest BCUT2D eigenvalue weighted by Gasteiger charge is -2.17. The molecule has 16 heavy (non-hydrogen) atoms. The third-order valence-corrected chi connectivity index (χ3v) is 2.90. The van der Waals surface area contributed by atoms with Crippen LogP contribution in [0.3, 0.4) is 0 Å². The fraction of sp³-hybridized carbons (Fsp3) is 0.769. The molecule has 3 nitrogen and oxygen atoms in total. The molecule has 0 saturated carbocycles. The van der Waals surface area contributed by atoms with Crippen LogP contribution in [0.5, 0.6) is 0 Å². The van der Waals surface area contributed by atoms with Crippen LogP contribution in [-0.2, 0) is 13.0 Å². The van der Waals surface area contributed by atoms with Crippen molar-refractivity contribution >= 4 is 0 Å². The molecule has 92 valence electrons. The summed E-state index contributed by atoms with van der Waals surface area (Å²) in [6.07, 6.45) is 6.52. The first-order valence-electron chi connectivity index (χ1n) is 6.40. The Morgan fingerprint density at radius 1 is 1.38 bits per heavy atom. The van der Waals surface area contributed by atoms with Crippen LogP contribution in [0.2, 0.25) is 0 Å². The Morgan fingerprint density at radius 2 is 2.12 bits per heavy atom. The molecule has 1 aromatic heterocycles. The summed E-state index contributed by atoms with van der Waals surface area (Å²) < 4.78 is 2.00. The highest BCUT2D eigenvalue weighted by atomic mass is 15.3. The van der Waals surface area contributed by atoms with Crippen LogP contribution in [0.4, 0.5) is 0 Å². The van der Waals surface area contributed by atoms with Crippen LogP contribution in [0.1, 0.15) is 39.7 Å². The monoisotopic (exact) mass is 223 g/mol. The van der Waals surface area contributed by atoms with Gasteiger partial charge in [-0.2, -0.15) is 5.10 Å². The SMILES string of the molecule is CCNC(C)CC(C)Cc1cnn(CC)c1. The number of hydrogen-bond acceptors (Lipinski definition) is 2. The van der Waals surface area contributed by atoms with Crippen molar-refractivity contribution in [3.05, 3.63) is 18.0 Å². The summed E-state index contributed by atoms with van der Waals surface area (Å²) >= 11 is 0. The average Bonchev–Trinajstić information content (AvgIpc) is 2.65. The summed E-state index contributed by atoms with van der Waals surface area (Å²) in [7, 11) is 0. The summed E-state index contributed by atoms with van der Waals surface area (Å²) in [5.74, 6) is 0.712. The maximum atomic E-state index is 4.30. The van der Waals surface area contributed by atoms with Gasteiger partial charge in [-0.25, -0.2) is 0 Å². The molecule has 1 heterocycles. The summed E-state index contributed by atoms with van der Waals surface area (Å²) in [5, 5.41) is 7.76. The molecule has 0 aliphatic heterocycles. The second-order valence-corrected chi connectivity index (χ2v) is 4.71. The van der Waals surface area contributed by atoms with E-state index in [2.05, 4.69) is 44.3 Å². The summed E-state index contributed by atoms with van der Waals surface area (Å²) in [6.45, 7) is 10.9. The Bertz CT molecular complexity index is 293. The van der Waals surface area contributed by atoms with Crippen molar-refractivity contribution in [1.82, 2.24) is 15.1 Å². The smallest absolute Gasteiger partial charge is 0.0521 e. The first-order valence-corrected chi connectivity index (χ1v) is 6.40. The Morgan fingerprint density at radius 3 is 2.69 bits per heavy atom. The van der Waals surface area contributed by atoms with Gasteiger partial charge < -0.3 is 5.32 Å². The molecule has 2 unspecified atom stereocenters. The predicted octanol–water partition coefficient (Wildman–Crippen LogP) is 2.47. The minimum absolute atomic E-state index is 0.612. The highest BCUT2D eigenvalue weighted by Gasteiger charge is 2.09. The van der Waals surface area contributed by atoms with Gasteiger partial charge >= 0.3 is 0 Å². The van der Waals surface area contributed by atoms with Crippen LogP contribution in [0.25, 0.3) is 0 Å². The molecular weight excluding hydrogens is 198 g/mol. The number of nitrogens with one attached hydrogen (secondary N) is 1. The van der Waals surface area contributed by atoms with E-state index in [0.717, 1.165) is 19.5 Å². The normalized spacial score (nSPS) is 15.0. The van der Waals surface area contributed by atoms with E-state index in [4.69, 9.17) is 0 Å². The number of rotatable bonds is 7. The Labute approximate surface area is 99.2 Å². The average molecular weight is 223 g/mol. The summed E-state index contributed by atoms with van der Waals surface area (Å²) in [5.41, 5.74) is 1.36. The molecule has 0 bridgehead atoms. The quantitative estimate of drug-likeness (QED) is 0.769. The van der Waals surface area contributed by atoms with E-state index in [1.54, 1.807) is 0 Å². The lowest BCUT2D eigenvalue weighted by molar-refractivity contribution is 0.426. The maximum absolute atomic E-state index is 4.30. The Kier molecular flexibility index (Phi) is 5.53. The van der Waals surface area contributed by atoms with Gasteiger partial charge in [0.05, 0.1) is 6.20 Å². The lowest BCUT2D eigenvalue weighted by Crippen LogP contribution is -2.27.